The predicted octanol–water partition coefficient (Wildman–Crippen LogP) is 3.82. The number of aromatic nitrogens is 1. The third-order valence-corrected chi connectivity index (χ3v) is 6.53. The maximum Gasteiger partial charge on any atom is 0.273 e. The first-order valence-electron chi connectivity index (χ1n) is 12.7. The van der Waals surface area contributed by atoms with Crippen molar-refractivity contribution in [3.05, 3.63) is 94.3 Å². The molecule has 9 heteroatoms. The number of nitrogens with one attached hydrogen (secondary N) is 2. The fraction of sp³-hybridized carbons (Fsp3) is 0.310. The molecule has 0 spiro atoms. The van der Waals surface area contributed by atoms with Crippen molar-refractivity contribution in [1.29, 1.82) is 0 Å². The number of nitrogens with zero attached hydrogens (tertiary/aromatic N) is 2. The van der Waals surface area contributed by atoms with Gasteiger partial charge in [-0.15, -0.1) is 0 Å². The molecule has 4 rings (SSSR count). The highest BCUT2D eigenvalue weighted by atomic mass is 35.5. The van der Waals surface area contributed by atoms with Gasteiger partial charge in [0.1, 0.15) is 18.1 Å². The largest absolute Gasteiger partial charge is 0.491 e. The molecule has 0 bridgehead atoms. The molecule has 1 aromatic heterocycles. The number of carbonyl (C=O) groups is 3. The van der Waals surface area contributed by atoms with Crippen LogP contribution in [-0.2, 0) is 11.2 Å². The van der Waals surface area contributed by atoms with Crippen LogP contribution in [0.5, 0.6) is 5.75 Å². The van der Waals surface area contributed by atoms with Gasteiger partial charge in [0.25, 0.3) is 11.8 Å². The molecule has 8 nitrogen and oxygen atoms in total. The van der Waals surface area contributed by atoms with E-state index in [0.29, 0.717) is 54.4 Å². The summed E-state index contributed by atoms with van der Waals surface area (Å²) < 4.78 is 6.06. The molecule has 3 aromatic rings. The quantitative estimate of drug-likeness (QED) is 0.532. The first kappa shape index (κ1) is 27.1. The molecule has 0 aliphatic carbocycles. The van der Waals surface area contributed by atoms with Crippen molar-refractivity contribution in [2.24, 2.45) is 0 Å². The van der Waals surface area contributed by atoms with Crippen molar-refractivity contribution in [2.75, 3.05) is 26.2 Å². The Hall–Kier alpha value is -3.91. The number of rotatable bonds is 3. The zero-order valence-electron chi connectivity index (χ0n) is 21.3. The van der Waals surface area contributed by atoms with Crippen LogP contribution >= 0.6 is 11.6 Å². The second-order valence-corrected chi connectivity index (χ2v) is 9.70. The Bertz CT molecular complexity index is 1280. The van der Waals surface area contributed by atoms with Crippen molar-refractivity contribution >= 4 is 29.3 Å². The zero-order valence-corrected chi connectivity index (χ0v) is 22.0. The van der Waals surface area contributed by atoms with E-state index in [1.165, 1.54) is 4.90 Å². The fourth-order valence-electron chi connectivity index (χ4n) is 4.33. The Labute approximate surface area is 227 Å². The third-order valence-electron chi connectivity index (χ3n) is 6.29. The number of hydrogen-bond acceptors (Lipinski definition) is 5. The number of benzene rings is 2. The van der Waals surface area contributed by atoms with Crippen molar-refractivity contribution in [1.82, 2.24) is 20.5 Å². The van der Waals surface area contributed by atoms with Crippen molar-refractivity contribution in [3.8, 4) is 5.75 Å². The van der Waals surface area contributed by atoms with Gasteiger partial charge in [-0.2, -0.15) is 0 Å². The van der Waals surface area contributed by atoms with Crippen LogP contribution in [0.4, 0.5) is 0 Å². The van der Waals surface area contributed by atoms with Crippen LogP contribution in [0.1, 0.15) is 44.8 Å². The summed E-state index contributed by atoms with van der Waals surface area (Å²) in [6.45, 7) is 2.58. The van der Waals surface area contributed by atoms with Gasteiger partial charge in [0.15, 0.2) is 0 Å². The van der Waals surface area contributed by atoms with Crippen molar-refractivity contribution in [2.45, 2.75) is 32.2 Å². The van der Waals surface area contributed by atoms with Crippen molar-refractivity contribution in [3.63, 3.8) is 0 Å². The maximum absolute atomic E-state index is 13.3. The Morgan fingerprint density at radius 3 is 2.71 bits per heavy atom. The minimum atomic E-state index is -0.407. The van der Waals surface area contributed by atoms with Gasteiger partial charge in [0, 0.05) is 24.3 Å². The molecule has 2 heterocycles. The lowest BCUT2D eigenvalue weighted by atomic mass is 10.1. The van der Waals surface area contributed by atoms with Gasteiger partial charge in [-0.05, 0) is 61.6 Å². The number of amides is 3. The molecule has 0 radical (unpaired) electrons. The summed E-state index contributed by atoms with van der Waals surface area (Å²) >= 11 is 6.16. The highest BCUT2D eigenvalue weighted by molar-refractivity contribution is 6.31. The van der Waals surface area contributed by atoms with E-state index in [4.69, 9.17) is 16.3 Å². The van der Waals surface area contributed by atoms with Gasteiger partial charge in [-0.25, -0.2) is 0 Å². The van der Waals surface area contributed by atoms with Crippen LogP contribution in [0, 0.1) is 6.92 Å². The Balaban J connectivity index is 1.59. The SMILES string of the molecule is Cc1cccnc1C(=O)N1CCCCNC(=O)c2cc(Cl)ccc2OC[C@@H](Cc2ccccc2)NC(=O)C1. The molecule has 1 aliphatic heterocycles. The lowest BCUT2D eigenvalue weighted by Gasteiger charge is -2.25. The van der Waals surface area contributed by atoms with E-state index in [1.807, 2.05) is 43.3 Å². The summed E-state index contributed by atoms with van der Waals surface area (Å²) in [4.78, 5) is 45.3. The van der Waals surface area contributed by atoms with Gasteiger partial charge < -0.3 is 20.3 Å². The maximum atomic E-state index is 13.3. The lowest BCUT2D eigenvalue weighted by Crippen LogP contribution is -2.47. The van der Waals surface area contributed by atoms with E-state index in [-0.39, 0.29) is 30.9 Å². The number of pyridine rings is 1. The molecule has 0 saturated heterocycles. The number of ether oxygens (including phenoxy) is 1. The Morgan fingerprint density at radius 2 is 1.92 bits per heavy atom. The molecule has 0 saturated carbocycles. The zero-order chi connectivity index (χ0) is 26.9. The van der Waals surface area contributed by atoms with E-state index in [2.05, 4.69) is 15.6 Å². The highest BCUT2D eigenvalue weighted by Gasteiger charge is 2.24. The first-order valence-corrected chi connectivity index (χ1v) is 13.0. The Morgan fingerprint density at radius 1 is 1.11 bits per heavy atom. The van der Waals surface area contributed by atoms with Crippen LogP contribution in [-0.4, -0.2) is 59.9 Å². The molecule has 1 atom stereocenters. The summed E-state index contributed by atoms with van der Waals surface area (Å²) in [6.07, 6.45) is 3.29. The van der Waals surface area contributed by atoms with E-state index < -0.39 is 6.04 Å². The second-order valence-electron chi connectivity index (χ2n) is 9.26. The highest BCUT2D eigenvalue weighted by Crippen LogP contribution is 2.23. The first-order chi connectivity index (χ1) is 18.4. The summed E-state index contributed by atoms with van der Waals surface area (Å²) in [5, 5.41) is 6.36. The summed E-state index contributed by atoms with van der Waals surface area (Å²) in [5.74, 6) is -0.504. The molecule has 3 amide bonds. The van der Waals surface area contributed by atoms with Crippen LogP contribution in [0.25, 0.3) is 0 Å². The van der Waals surface area contributed by atoms with Crippen molar-refractivity contribution < 1.29 is 19.1 Å². The van der Waals surface area contributed by atoms with Gasteiger partial charge in [0.05, 0.1) is 18.2 Å². The summed E-state index contributed by atoms with van der Waals surface area (Å²) in [5.41, 5.74) is 2.42. The minimum absolute atomic E-state index is 0.112. The number of halogens is 1. The van der Waals surface area contributed by atoms with E-state index in [9.17, 15) is 14.4 Å². The smallest absolute Gasteiger partial charge is 0.273 e. The topological polar surface area (TPSA) is 101 Å². The number of hydrogen-bond donors (Lipinski definition) is 2. The third kappa shape index (κ3) is 7.32. The minimum Gasteiger partial charge on any atom is -0.491 e. The molecule has 198 valence electrons. The van der Waals surface area contributed by atoms with Crippen LogP contribution < -0.4 is 15.4 Å². The number of carbonyl (C=O) groups excluding carboxylic acids is 3. The predicted molar refractivity (Wildman–Crippen MR) is 145 cm³/mol. The molecule has 0 fully saturated rings. The molecule has 1 aliphatic rings. The normalized spacial score (nSPS) is 17.2. The monoisotopic (exact) mass is 534 g/mol. The molecular weight excluding hydrogens is 504 g/mol. The lowest BCUT2D eigenvalue weighted by molar-refractivity contribution is -0.122. The van der Waals surface area contributed by atoms with Gasteiger partial charge >= 0.3 is 0 Å². The second kappa shape index (κ2) is 13.1. The van der Waals surface area contributed by atoms with Gasteiger partial charge in [0.2, 0.25) is 5.91 Å². The average molecular weight is 535 g/mol. The summed E-state index contributed by atoms with van der Waals surface area (Å²) in [6, 6.07) is 17.8. The molecule has 2 N–H and O–H groups in total. The fourth-order valence-corrected chi connectivity index (χ4v) is 4.50. The summed E-state index contributed by atoms with van der Waals surface area (Å²) in [7, 11) is 0. The van der Waals surface area contributed by atoms with Gasteiger partial charge in [-0.3, -0.25) is 19.4 Å². The van der Waals surface area contributed by atoms with Crippen LogP contribution in [0.15, 0.2) is 66.9 Å². The van der Waals surface area contributed by atoms with E-state index in [1.54, 1.807) is 30.5 Å². The standard InChI is InChI=1S/C29H31ClN4O4/c1-20-8-7-14-31-27(20)29(37)34-15-6-5-13-32-28(36)24-17-22(30)11-12-25(24)38-19-23(33-26(35)18-34)16-21-9-3-2-4-10-21/h2-4,7-12,14,17,23H,5-6,13,15-16,18-19H2,1H3,(H,32,36)(H,33,35)/t23-/m1/s1. The van der Waals surface area contributed by atoms with Crippen LogP contribution in [0.2, 0.25) is 5.02 Å². The average Bonchev–Trinajstić information content (AvgIpc) is 2.91. The van der Waals surface area contributed by atoms with Crippen LogP contribution in [0.3, 0.4) is 0 Å². The molecule has 38 heavy (non-hydrogen) atoms. The molecule has 2 aromatic carbocycles. The molecule has 0 unspecified atom stereocenters. The number of aryl methyl sites for hydroxylation is 1. The molecular formula is C29H31ClN4O4. The number of fused-ring (bicyclic) bond motifs is 1. The van der Waals surface area contributed by atoms with Gasteiger partial charge in [-0.1, -0.05) is 48.0 Å². The Kier molecular flexibility index (Phi) is 9.32. The van der Waals surface area contributed by atoms with E-state index >= 15 is 0 Å². The van der Waals surface area contributed by atoms with E-state index in [0.717, 1.165) is 11.1 Å².